The Bertz CT molecular complexity index is 668. The molecule has 122 valence electrons. The van der Waals surface area contributed by atoms with Gasteiger partial charge in [0.05, 0.1) is 6.04 Å². The summed E-state index contributed by atoms with van der Waals surface area (Å²) >= 11 is 0. The Morgan fingerprint density at radius 1 is 1.22 bits per heavy atom. The third-order valence-electron chi connectivity index (χ3n) is 3.30. The lowest BCUT2D eigenvalue weighted by Crippen LogP contribution is -2.32. The summed E-state index contributed by atoms with van der Waals surface area (Å²) in [7, 11) is 1.54. The molecule has 2 amide bonds. The number of hydrogen-bond donors (Lipinski definition) is 2. The van der Waals surface area contributed by atoms with Crippen LogP contribution in [0.15, 0.2) is 30.3 Å². The Hall–Kier alpha value is -2.77. The largest absolute Gasteiger partial charge is 0.358 e. The maximum atomic E-state index is 12.3. The van der Waals surface area contributed by atoms with Gasteiger partial charge in [-0.1, -0.05) is 32.0 Å². The van der Waals surface area contributed by atoms with Gasteiger partial charge in [0.1, 0.15) is 6.54 Å². The zero-order chi connectivity index (χ0) is 16.8. The summed E-state index contributed by atoms with van der Waals surface area (Å²) < 4.78 is 0. The van der Waals surface area contributed by atoms with Gasteiger partial charge in [-0.05, 0) is 23.3 Å². The molecule has 0 spiro atoms. The predicted octanol–water partition coefficient (Wildman–Crippen LogP) is 0.546. The molecular weight excluding hydrogens is 296 g/mol. The summed E-state index contributed by atoms with van der Waals surface area (Å²) in [5.41, 5.74) is 0.566. The molecule has 0 fully saturated rings. The molecule has 0 saturated carbocycles. The van der Waals surface area contributed by atoms with Crippen LogP contribution in [-0.2, 0) is 11.3 Å². The van der Waals surface area contributed by atoms with E-state index in [0.717, 1.165) is 0 Å². The highest BCUT2D eigenvalue weighted by atomic mass is 16.2. The van der Waals surface area contributed by atoms with E-state index in [4.69, 9.17) is 0 Å². The quantitative estimate of drug-likeness (QED) is 0.810. The van der Waals surface area contributed by atoms with E-state index in [2.05, 4.69) is 26.0 Å². The maximum absolute atomic E-state index is 12.3. The van der Waals surface area contributed by atoms with E-state index in [9.17, 15) is 9.59 Å². The fraction of sp³-hybridized carbons (Fsp3) is 0.400. The first-order valence-corrected chi connectivity index (χ1v) is 7.35. The van der Waals surface area contributed by atoms with E-state index >= 15 is 0 Å². The minimum atomic E-state index is -0.388. The monoisotopic (exact) mass is 316 g/mol. The van der Waals surface area contributed by atoms with Crippen molar-refractivity contribution in [1.82, 2.24) is 30.8 Å². The topological polar surface area (TPSA) is 102 Å². The van der Waals surface area contributed by atoms with Crippen LogP contribution in [0.2, 0.25) is 0 Å². The van der Waals surface area contributed by atoms with Gasteiger partial charge in [-0.2, -0.15) is 4.80 Å². The second-order valence-electron chi connectivity index (χ2n) is 5.41. The van der Waals surface area contributed by atoms with Crippen LogP contribution in [0, 0.1) is 5.92 Å². The minimum Gasteiger partial charge on any atom is -0.358 e. The van der Waals surface area contributed by atoms with Crippen molar-refractivity contribution >= 4 is 11.8 Å². The van der Waals surface area contributed by atoms with Crippen molar-refractivity contribution in [2.24, 2.45) is 5.92 Å². The number of nitrogens with zero attached hydrogens (tertiary/aromatic N) is 4. The Morgan fingerprint density at radius 3 is 2.52 bits per heavy atom. The molecule has 0 aliphatic carbocycles. The van der Waals surface area contributed by atoms with Crippen molar-refractivity contribution in [2.75, 3.05) is 7.05 Å². The number of amides is 2. The number of tetrazole rings is 1. The normalized spacial score (nSPS) is 12.0. The van der Waals surface area contributed by atoms with Crippen molar-refractivity contribution in [1.29, 1.82) is 0 Å². The maximum Gasteiger partial charge on any atom is 0.251 e. The van der Waals surface area contributed by atoms with Crippen molar-refractivity contribution < 1.29 is 9.59 Å². The summed E-state index contributed by atoms with van der Waals surface area (Å²) in [6.07, 6.45) is 0. The van der Waals surface area contributed by atoms with E-state index in [1.54, 1.807) is 24.3 Å². The molecule has 0 aliphatic heterocycles. The van der Waals surface area contributed by atoms with Crippen molar-refractivity contribution in [3.05, 3.63) is 41.7 Å². The van der Waals surface area contributed by atoms with Gasteiger partial charge in [0.25, 0.3) is 5.91 Å². The van der Waals surface area contributed by atoms with Crippen LogP contribution in [0.3, 0.4) is 0 Å². The van der Waals surface area contributed by atoms with Crippen molar-refractivity contribution in [3.8, 4) is 0 Å². The smallest absolute Gasteiger partial charge is 0.251 e. The average Bonchev–Trinajstić information content (AvgIpc) is 3.00. The molecule has 1 heterocycles. The molecule has 1 aromatic carbocycles. The number of aromatic nitrogens is 4. The van der Waals surface area contributed by atoms with Gasteiger partial charge in [-0.15, -0.1) is 10.2 Å². The summed E-state index contributed by atoms with van der Waals surface area (Å²) in [5.74, 6) is 0.0313. The molecular formula is C15H20N6O2. The van der Waals surface area contributed by atoms with Crippen LogP contribution < -0.4 is 10.6 Å². The molecule has 0 unspecified atom stereocenters. The number of rotatable bonds is 6. The van der Waals surface area contributed by atoms with Gasteiger partial charge in [0.15, 0.2) is 5.82 Å². The van der Waals surface area contributed by atoms with Gasteiger partial charge in [0.2, 0.25) is 5.91 Å². The summed E-state index contributed by atoms with van der Waals surface area (Å²) in [6.45, 7) is 3.89. The summed E-state index contributed by atoms with van der Waals surface area (Å²) in [5, 5.41) is 17.4. The Kier molecular flexibility index (Phi) is 5.40. The Morgan fingerprint density at radius 2 is 1.91 bits per heavy atom. The number of carbonyl (C=O) groups is 2. The summed E-state index contributed by atoms with van der Waals surface area (Å²) in [6, 6.07) is 8.54. The first-order valence-electron chi connectivity index (χ1n) is 7.35. The van der Waals surface area contributed by atoms with Crippen LogP contribution in [0.5, 0.6) is 0 Å². The minimum absolute atomic E-state index is 0.0129. The number of likely N-dealkylation sites (N-methyl/N-ethyl adjacent to an activating group) is 1. The highest BCUT2D eigenvalue weighted by molar-refractivity contribution is 5.94. The van der Waals surface area contributed by atoms with Gasteiger partial charge in [0, 0.05) is 12.6 Å². The second kappa shape index (κ2) is 7.48. The molecule has 8 heteroatoms. The lowest BCUT2D eigenvalue weighted by molar-refractivity contribution is -0.121. The fourth-order valence-electron chi connectivity index (χ4n) is 2.00. The Balaban J connectivity index is 2.13. The zero-order valence-corrected chi connectivity index (χ0v) is 13.4. The number of carbonyl (C=O) groups excluding carboxylic acids is 2. The SMILES string of the molecule is CNC(=O)Cn1nnc([C@H](NC(=O)c2ccccc2)C(C)C)n1. The standard InChI is InChI=1S/C15H20N6O2/c1-10(2)13(17-15(23)11-7-5-4-6-8-11)14-18-20-21(19-14)9-12(22)16-3/h4-8,10,13H,9H2,1-3H3,(H,16,22)(H,17,23)/t13-/m1/s1. The van der Waals surface area contributed by atoms with Crippen LogP contribution in [0.4, 0.5) is 0 Å². The lowest BCUT2D eigenvalue weighted by Gasteiger charge is -2.19. The number of benzene rings is 1. The van der Waals surface area contributed by atoms with Crippen LogP contribution in [0.1, 0.15) is 36.1 Å². The molecule has 1 aromatic heterocycles. The molecule has 0 radical (unpaired) electrons. The highest BCUT2D eigenvalue weighted by Crippen LogP contribution is 2.18. The zero-order valence-electron chi connectivity index (χ0n) is 13.4. The number of nitrogens with one attached hydrogen (secondary N) is 2. The lowest BCUT2D eigenvalue weighted by atomic mass is 10.0. The molecule has 2 N–H and O–H groups in total. The van der Waals surface area contributed by atoms with E-state index in [1.807, 2.05) is 19.9 Å². The van der Waals surface area contributed by atoms with Gasteiger partial charge >= 0.3 is 0 Å². The van der Waals surface area contributed by atoms with Crippen LogP contribution in [0.25, 0.3) is 0 Å². The van der Waals surface area contributed by atoms with Crippen LogP contribution >= 0.6 is 0 Å². The fourth-order valence-corrected chi connectivity index (χ4v) is 2.00. The van der Waals surface area contributed by atoms with Crippen molar-refractivity contribution in [2.45, 2.75) is 26.4 Å². The van der Waals surface area contributed by atoms with Crippen LogP contribution in [-0.4, -0.2) is 39.1 Å². The van der Waals surface area contributed by atoms with Gasteiger partial charge in [-0.25, -0.2) is 0 Å². The molecule has 1 atom stereocenters. The van der Waals surface area contributed by atoms with Crippen molar-refractivity contribution in [3.63, 3.8) is 0 Å². The van der Waals surface area contributed by atoms with E-state index in [-0.39, 0.29) is 30.3 Å². The molecule has 0 saturated heterocycles. The second-order valence-corrected chi connectivity index (χ2v) is 5.41. The molecule has 23 heavy (non-hydrogen) atoms. The molecule has 8 nitrogen and oxygen atoms in total. The molecule has 2 rings (SSSR count). The van der Waals surface area contributed by atoms with E-state index in [1.165, 1.54) is 11.8 Å². The average molecular weight is 316 g/mol. The molecule has 0 aliphatic rings. The van der Waals surface area contributed by atoms with E-state index < -0.39 is 0 Å². The first kappa shape index (κ1) is 16.6. The third kappa shape index (κ3) is 4.35. The van der Waals surface area contributed by atoms with Gasteiger partial charge in [-0.3, -0.25) is 9.59 Å². The predicted molar refractivity (Wildman–Crippen MR) is 83.4 cm³/mol. The van der Waals surface area contributed by atoms with E-state index in [0.29, 0.717) is 11.4 Å². The third-order valence-corrected chi connectivity index (χ3v) is 3.30. The van der Waals surface area contributed by atoms with Gasteiger partial charge < -0.3 is 10.6 Å². The number of hydrogen-bond acceptors (Lipinski definition) is 5. The highest BCUT2D eigenvalue weighted by Gasteiger charge is 2.24. The first-order chi connectivity index (χ1) is 11.0. The Labute approximate surface area is 134 Å². The summed E-state index contributed by atoms with van der Waals surface area (Å²) in [4.78, 5) is 24.9. The molecule has 2 aromatic rings. The molecule has 0 bridgehead atoms.